The van der Waals surface area contributed by atoms with Gasteiger partial charge in [0.1, 0.15) is 5.69 Å². The number of pyridine rings is 1. The minimum Gasteiger partial charge on any atom is -0.382 e. The third-order valence-electron chi connectivity index (χ3n) is 3.51. The first-order valence-corrected chi connectivity index (χ1v) is 7.27. The molecule has 2 aromatic rings. The predicted molar refractivity (Wildman–Crippen MR) is 83.2 cm³/mol. The van der Waals surface area contributed by atoms with Gasteiger partial charge in [0, 0.05) is 24.5 Å². The molecule has 0 spiro atoms. The number of amides is 1. The van der Waals surface area contributed by atoms with Gasteiger partial charge in [-0.1, -0.05) is 29.8 Å². The number of nitrogens with one attached hydrogen (secondary N) is 2. The van der Waals surface area contributed by atoms with Crippen molar-refractivity contribution in [1.29, 1.82) is 0 Å². The molecular formula is C17H19N3O. The van der Waals surface area contributed by atoms with Crippen molar-refractivity contribution >= 4 is 11.6 Å². The first-order chi connectivity index (χ1) is 10.2. The molecule has 0 unspecified atom stereocenters. The molecule has 108 valence electrons. The minimum atomic E-state index is -0.143. The smallest absolute Gasteiger partial charge is 0.270 e. The van der Waals surface area contributed by atoms with Crippen molar-refractivity contribution in [3.05, 3.63) is 59.4 Å². The summed E-state index contributed by atoms with van der Waals surface area (Å²) in [6, 6.07) is 12.4. The second-order valence-electron chi connectivity index (χ2n) is 5.52. The fourth-order valence-electron chi connectivity index (χ4n) is 2.09. The molecule has 0 atom stereocenters. The Morgan fingerprint density at radius 3 is 2.71 bits per heavy atom. The maximum atomic E-state index is 12.1. The maximum absolute atomic E-state index is 12.1. The quantitative estimate of drug-likeness (QED) is 0.886. The van der Waals surface area contributed by atoms with Crippen LogP contribution in [0.2, 0.25) is 0 Å². The molecule has 1 aromatic heterocycles. The van der Waals surface area contributed by atoms with Gasteiger partial charge in [0.15, 0.2) is 0 Å². The summed E-state index contributed by atoms with van der Waals surface area (Å²) in [5.41, 5.74) is 3.72. The molecule has 1 aliphatic rings. The number of rotatable bonds is 5. The summed E-state index contributed by atoms with van der Waals surface area (Å²) in [4.78, 5) is 16.3. The van der Waals surface area contributed by atoms with Gasteiger partial charge >= 0.3 is 0 Å². The highest BCUT2D eigenvalue weighted by atomic mass is 16.1. The topological polar surface area (TPSA) is 54.0 Å². The van der Waals surface area contributed by atoms with Gasteiger partial charge in [-0.2, -0.15) is 0 Å². The summed E-state index contributed by atoms with van der Waals surface area (Å²) < 4.78 is 0. The Morgan fingerprint density at radius 1 is 1.24 bits per heavy atom. The van der Waals surface area contributed by atoms with Crippen LogP contribution in [0.4, 0.5) is 5.69 Å². The summed E-state index contributed by atoms with van der Waals surface area (Å²) in [5, 5.41) is 6.27. The molecule has 4 nitrogen and oxygen atoms in total. The molecule has 1 saturated carbocycles. The van der Waals surface area contributed by atoms with E-state index >= 15 is 0 Å². The Bertz CT molecular complexity index is 633. The van der Waals surface area contributed by atoms with E-state index in [1.165, 1.54) is 18.4 Å². The van der Waals surface area contributed by atoms with Crippen molar-refractivity contribution in [3.8, 4) is 0 Å². The highest BCUT2D eigenvalue weighted by Crippen LogP contribution is 2.24. The van der Waals surface area contributed by atoms with Crippen LogP contribution < -0.4 is 10.6 Å². The number of hydrogen-bond donors (Lipinski definition) is 2. The number of carbonyl (C=O) groups is 1. The van der Waals surface area contributed by atoms with Crippen LogP contribution in [0.1, 0.15) is 34.5 Å². The van der Waals surface area contributed by atoms with Crippen LogP contribution in [-0.4, -0.2) is 16.9 Å². The molecule has 1 aliphatic carbocycles. The molecule has 3 rings (SSSR count). The standard InChI is InChI=1S/C17H19N3O/c1-12-2-4-13(5-3-12)11-19-17(21)16-10-15(8-9-18-16)20-14-6-7-14/h2-5,8-10,14H,6-7,11H2,1H3,(H,18,20)(H,19,21). The molecule has 2 N–H and O–H groups in total. The maximum Gasteiger partial charge on any atom is 0.270 e. The number of nitrogens with zero attached hydrogens (tertiary/aromatic N) is 1. The Kier molecular flexibility index (Phi) is 3.86. The minimum absolute atomic E-state index is 0.143. The molecular weight excluding hydrogens is 262 g/mol. The molecule has 1 aromatic carbocycles. The Hall–Kier alpha value is -2.36. The van der Waals surface area contributed by atoms with Gasteiger partial charge in [0.2, 0.25) is 0 Å². The van der Waals surface area contributed by atoms with E-state index in [0.29, 0.717) is 18.3 Å². The van der Waals surface area contributed by atoms with Gasteiger partial charge < -0.3 is 10.6 Å². The van der Waals surface area contributed by atoms with Gasteiger partial charge in [0.05, 0.1) is 0 Å². The van der Waals surface area contributed by atoms with E-state index in [1.54, 1.807) is 6.20 Å². The number of carbonyl (C=O) groups excluding carboxylic acids is 1. The zero-order chi connectivity index (χ0) is 14.7. The molecule has 0 bridgehead atoms. The Balaban J connectivity index is 1.60. The average Bonchev–Trinajstić information content (AvgIpc) is 3.30. The highest BCUT2D eigenvalue weighted by Gasteiger charge is 2.21. The van der Waals surface area contributed by atoms with Crippen LogP contribution in [0.15, 0.2) is 42.6 Å². The lowest BCUT2D eigenvalue weighted by Crippen LogP contribution is -2.23. The van der Waals surface area contributed by atoms with E-state index in [0.717, 1.165) is 11.3 Å². The fourth-order valence-corrected chi connectivity index (χ4v) is 2.09. The SMILES string of the molecule is Cc1ccc(CNC(=O)c2cc(NC3CC3)ccn2)cc1. The number of aromatic nitrogens is 1. The summed E-state index contributed by atoms with van der Waals surface area (Å²) in [6.45, 7) is 2.56. The second-order valence-corrected chi connectivity index (χ2v) is 5.52. The van der Waals surface area contributed by atoms with Crippen molar-refractivity contribution in [3.63, 3.8) is 0 Å². The van der Waals surface area contributed by atoms with Crippen LogP contribution in [-0.2, 0) is 6.54 Å². The van der Waals surface area contributed by atoms with E-state index in [1.807, 2.05) is 43.3 Å². The van der Waals surface area contributed by atoms with Gasteiger partial charge in [-0.25, -0.2) is 0 Å². The third-order valence-corrected chi connectivity index (χ3v) is 3.51. The van der Waals surface area contributed by atoms with Crippen molar-refractivity contribution in [2.45, 2.75) is 32.4 Å². The zero-order valence-electron chi connectivity index (χ0n) is 12.1. The summed E-state index contributed by atoms with van der Waals surface area (Å²) in [5.74, 6) is -0.143. The van der Waals surface area contributed by atoms with Crippen LogP contribution in [0.5, 0.6) is 0 Å². The highest BCUT2D eigenvalue weighted by molar-refractivity contribution is 5.93. The normalized spacial score (nSPS) is 13.8. The fraction of sp³-hybridized carbons (Fsp3) is 0.294. The van der Waals surface area contributed by atoms with Crippen LogP contribution in [0.3, 0.4) is 0 Å². The first kappa shape index (κ1) is 13.6. The monoisotopic (exact) mass is 281 g/mol. The summed E-state index contributed by atoms with van der Waals surface area (Å²) >= 11 is 0. The molecule has 4 heteroatoms. The largest absolute Gasteiger partial charge is 0.382 e. The van der Waals surface area contributed by atoms with E-state index < -0.39 is 0 Å². The van der Waals surface area contributed by atoms with E-state index in [9.17, 15) is 4.79 Å². The lowest BCUT2D eigenvalue weighted by Gasteiger charge is -2.08. The predicted octanol–water partition coefficient (Wildman–Crippen LogP) is 2.89. The number of aryl methyl sites for hydroxylation is 1. The van der Waals surface area contributed by atoms with E-state index in [2.05, 4.69) is 15.6 Å². The molecule has 1 heterocycles. The molecule has 21 heavy (non-hydrogen) atoms. The number of hydrogen-bond acceptors (Lipinski definition) is 3. The zero-order valence-corrected chi connectivity index (χ0v) is 12.1. The van der Waals surface area contributed by atoms with Crippen molar-refractivity contribution in [1.82, 2.24) is 10.3 Å². The van der Waals surface area contributed by atoms with Gasteiger partial charge in [-0.15, -0.1) is 0 Å². The lowest BCUT2D eigenvalue weighted by molar-refractivity contribution is 0.0946. The van der Waals surface area contributed by atoms with Gasteiger partial charge in [0.25, 0.3) is 5.91 Å². The van der Waals surface area contributed by atoms with Crippen molar-refractivity contribution < 1.29 is 4.79 Å². The van der Waals surface area contributed by atoms with Crippen molar-refractivity contribution in [2.75, 3.05) is 5.32 Å². The molecule has 0 radical (unpaired) electrons. The molecule has 0 saturated heterocycles. The number of anilines is 1. The van der Waals surface area contributed by atoms with Crippen LogP contribution >= 0.6 is 0 Å². The van der Waals surface area contributed by atoms with Crippen molar-refractivity contribution in [2.24, 2.45) is 0 Å². The Morgan fingerprint density at radius 2 is 2.00 bits per heavy atom. The van der Waals surface area contributed by atoms with Crippen LogP contribution in [0.25, 0.3) is 0 Å². The summed E-state index contributed by atoms with van der Waals surface area (Å²) in [7, 11) is 0. The lowest BCUT2D eigenvalue weighted by atomic mass is 10.1. The summed E-state index contributed by atoms with van der Waals surface area (Å²) in [6.07, 6.45) is 4.08. The van der Waals surface area contributed by atoms with E-state index in [-0.39, 0.29) is 5.91 Å². The van der Waals surface area contributed by atoms with Gasteiger partial charge in [-0.3, -0.25) is 9.78 Å². The molecule has 0 aliphatic heterocycles. The Labute approximate surface area is 124 Å². The van der Waals surface area contributed by atoms with E-state index in [4.69, 9.17) is 0 Å². The molecule has 1 amide bonds. The molecule has 1 fully saturated rings. The number of benzene rings is 1. The van der Waals surface area contributed by atoms with Gasteiger partial charge in [-0.05, 0) is 37.5 Å². The average molecular weight is 281 g/mol. The van der Waals surface area contributed by atoms with Crippen LogP contribution in [0, 0.1) is 6.92 Å². The second kappa shape index (κ2) is 5.95. The first-order valence-electron chi connectivity index (χ1n) is 7.27. The third kappa shape index (κ3) is 3.81.